The Bertz CT molecular complexity index is 427. The minimum absolute atomic E-state index is 0.354. The molecule has 17 heavy (non-hydrogen) atoms. The van der Waals surface area contributed by atoms with E-state index in [4.69, 9.17) is 4.74 Å². The lowest BCUT2D eigenvalue weighted by molar-refractivity contribution is -0.000433. The Balaban J connectivity index is 1.74. The van der Waals surface area contributed by atoms with E-state index in [1.807, 2.05) is 0 Å². The van der Waals surface area contributed by atoms with E-state index >= 15 is 0 Å². The number of ether oxygens (including phenoxy) is 1. The van der Waals surface area contributed by atoms with Gasteiger partial charge in [0.2, 0.25) is 5.95 Å². The summed E-state index contributed by atoms with van der Waals surface area (Å²) >= 11 is 3.33. The summed E-state index contributed by atoms with van der Waals surface area (Å²) in [5.74, 6) is -0.380. The first-order valence-electron chi connectivity index (χ1n) is 5.82. The van der Waals surface area contributed by atoms with Crippen molar-refractivity contribution in [1.82, 2.24) is 4.98 Å². The predicted molar refractivity (Wildman–Crippen MR) is 66.6 cm³/mol. The van der Waals surface area contributed by atoms with Crippen molar-refractivity contribution in [3.05, 3.63) is 22.7 Å². The van der Waals surface area contributed by atoms with Crippen LogP contribution in [-0.4, -0.2) is 31.3 Å². The van der Waals surface area contributed by atoms with Crippen molar-refractivity contribution in [2.24, 2.45) is 5.41 Å². The van der Waals surface area contributed by atoms with Crippen LogP contribution in [0.1, 0.15) is 12.8 Å². The molecule has 2 fully saturated rings. The van der Waals surface area contributed by atoms with Gasteiger partial charge in [-0.3, -0.25) is 0 Å². The molecule has 5 heteroatoms. The second kappa shape index (κ2) is 4.21. The van der Waals surface area contributed by atoms with Crippen molar-refractivity contribution in [3.8, 4) is 0 Å². The molecule has 3 heterocycles. The Hall–Kier alpha value is -0.680. The van der Waals surface area contributed by atoms with Crippen molar-refractivity contribution in [2.75, 3.05) is 31.2 Å². The lowest BCUT2D eigenvalue weighted by atomic mass is 9.73. The smallest absolute Gasteiger partial charge is 0.236 e. The minimum Gasteiger partial charge on any atom is -0.381 e. The summed E-state index contributed by atoms with van der Waals surface area (Å²) in [4.78, 5) is 5.80. The third-order valence-corrected chi connectivity index (χ3v) is 4.17. The van der Waals surface area contributed by atoms with E-state index in [1.165, 1.54) is 6.20 Å². The van der Waals surface area contributed by atoms with Gasteiger partial charge in [0.25, 0.3) is 0 Å². The van der Waals surface area contributed by atoms with Gasteiger partial charge in [0, 0.05) is 42.4 Å². The monoisotopic (exact) mass is 300 g/mol. The molecule has 3 nitrogen and oxygen atoms in total. The maximum Gasteiger partial charge on any atom is 0.236 e. The number of pyridine rings is 1. The quantitative estimate of drug-likeness (QED) is 0.746. The van der Waals surface area contributed by atoms with E-state index in [0.29, 0.717) is 11.1 Å². The first-order chi connectivity index (χ1) is 8.19. The van der Waals surface area contributed by atoms with Crippen LogP contribution < -0.4 is 4.90 Å². The molecule has 0 atom stereocenters. The standard InChI is InChI=1S/C12H14BrFN2O/c13-9-5-10(11(14)15-6-9)16-7-12(8-16)1-3-17-4-2-12/h5-6H,1-4,7-8H2. The zero-order valence-corrected chi connectivity index (χ0v) is 11.0. The largest absolute Gasteiger partial charge is 0.381 e. The second-order valence-corrected chi connectivity index (χ2v) is 5.85. The van der Waals surface area contributed by atoms with Gasteiger partial charge in [-0.1, -0.05) is 0 Å². The molecule has 0 aromatic carbocycles. The molecule has 0 radical (unpaired) electrons. The molecular formula is C12H14BrFN2O. The lowest BCUT2D eigenvalue weighted by Gasteiger charge is -2.53. The Morgan fingerprint density at radius 3 is 2.76 bits per heavy atom. The van der Waals surface area contributed by atoms with Crippen molar-refractivity contribution >= 4 is 21.6 Å². The van der Waals surface area contributed by atoms with E-state index in [1.54, 1.807) is 6.07 Å². The highest BCUT2D eigenvalue weighted by Crippen LogP contribution is 2.42. The van der Waals surface area contributed by atoms with Gasteiger partial charge in [0.1, 0.15) is 0 Å². The van der Waals surface area contributed by atoms with Gasteiger partial charge >= 0.3 is 0 Å². The molecule has 1 aromatic rings. The number of aromatic nitrogens is 1. The van der Waals surface area contributed by atoms with E-state index in [-0.39, 0.29) is 5.95 Å². The van der Waals surface area contributed by atoms with Crippen molar-refractivity contribution in [3.63, 3.8) is 0 Å². The van der Waals surface area contributed by atoms with E-state index in [2.05, 4.69) is 25.8 Å². The highest BCUT2D eigenvalue weighted by molar-refractivity contribution is 9.10. The van der Waals surface area contributed by atoms with Crippen LogP contribution in [0.5, 0.6) is 0 Å². The Morgan fingerprint density at radius 1 is 1.35 bits per heavy atom. The highest BCUT2D eigenvalue weighted by Gasteiger charge is 2.44. The number of hydrogen-bond donors (Lipinski definition) is 0. The molecule has 0 amide bonds. The topological polar surface area (TPSA) is 25.4 Å². The number of hydrogen-bond acceptors (Lipinski definition) is 3. The molecule has 2 aliphatic rings. The molecular weight excluding hydrogens is 287 g/mol. The highest BCUT2D eigenvalue weighted by atomic mass is 79.9. The van der Waals surface area contributed by atoms with Gasteiger partial charge in [0.05, 0.1) is 5.69 Å². The average molecular weight is 301 g/mol. The molecule has 0 unspecified atom stereocenters. The van der Waals surface area contributed by atoms with Crippen molar-refractivity contribution in [2.45, 2.75) is 12.8 Å². The fraction of sp³-hybridized carbons (Fsp3) is 0.583. The summed E-state index contributed by atoms with van der Waals surface area (Å²) in [6.07, 6.45) is 3.67. The molecule has 0 aliphatic carbocycles. The summed E-state index contributed by atoms with van der Waals surface area (Å²) in [7, 11) is 0. The van der Waals surface area contributed by atoms with Crippen molar-refractivity contribution in [1.29, 1.82) is 0 Å². The second-order valence-electron chi connectivity index (χ2n) is 4.93. The van der Waals surface area contributed by atoms with Gasteiger partial charge in [0.15, 0.2) is 0 Å². The minimum atomic E-state index is -0.380. The van der Waals surface area contributed by atoms with Gasteiger partial charge < -0.3 is 9.64 Å². The Labute approximate surface area is 108 Å². The zero-order chi connectivity index (χ0) is 11.9. The molecule has 92 valence electrons. The van der Waals surface area contributed by atoms with E-state index in [0.717, 1.165) is 43.6 Å². The van der Waals surface area contributed by atoms with E-state index in [9.17, 15) is 4.39 Å². The van der Waals surface area contributed by atoms with Crippen LogP contribution in [0.4, 0.5) is 10.1 Å². The molecule has 0 bridgehead atoms. The summed E-state index contributed by atoms with van der Waals surface area (Å²) in [5.41, 5.74) is 0.962. The number of halogens is 2. The number of anilines is 1. The first-order valence-corrected chi connectivity index (χ1v) is 6.62. The average Bonchev–Trinajstić information content (AvgIpc) is 2.30. The maximum absolute atomic E-state index is 13.6. The third kappa shape index (κ3) is 2.06. The van der Waals surface area contributed by atoms with Crippen LogP contribution >= 0.6 is 15.9 Å². The van der Waals surface area contributed by atoms with Gasteiger partial charge in [-0.2, -0.15) is 4.39 Å². The number of nitrogens with zero attached hydrogens (tertiary/aromatic N) is 2. The SMILES string of the molecule is Fc1ncc(Br)cc1N1CC2(CCOCC2)C1. The summed E-state index contributed by atoms with van der Waals surface area (Å²) in [6, 6.07) is 1.80. The van der Waals surface area contributed by atoms with E-state index < -0.39 is 0 Å². The van der Waals surface area contributed by atoms with Crippen LogP contribution in [0.2, 0.25) is 0 Å². The fourth-order valence-electron chi connectivity index (χ4n) is 2.69. The molecule has 2 aliphatic heterocycles. The lowest BCUT2D eigenvalue weighted by Crippen LogP contribution is -2.58. The Morgan fingerprint density at radius 2 is 2.06 bits per heavy atom. The first kappa shape index (κ1) is 11.4. The summed E-state index contributed by atoms with van der Waals surface area (Å²) in [6.45, 7) is 3.52. The fourth-order valence-corrected chi connectivity index (χ4v) is 3.01. The van der Waals surface area contributed by atoms with Crippen LogP contribution in [0.15, 0.2) is 16.7 Å². The van der Waals surface area contributed by atoms with Crippen LogP contribution in [0.3, 0.4) is 0 Å². The third-order valence-electron chi connectivity index (χ3n) is 3.73. The summed E-state index contributed by atoms with van der Waals surface area (Å²) < 4.78 is 19.8. The van der Waals surface area contributed by atoms with Gasteiger partial charge in [-0.15, -0.1) is 0 Å². The van der Waals surface area contributed by atoms with Gasteiger partial charge in [-0.25, -0.2) is 4.98 Å². The molecule has 0 N–H and O–H groups in total. The summed E-state index contributed by atoms with van der Waals surface area (Å²) in [5, 5.41) is 0. The molecule has 3 rings (SSSR count). The van der Waals surface area contributed by atoms with Crippen LogP contribution in [0, 0.1) is 11.4 Å². The predicted octanol–water partition coefficient (Wildman–Crippen LogP) is 2.60. The van der Waals surface area contributed by atoms with Gasteiger partial charge in [-0.05, 0) is 34.8 Å². The molecule has 1 aromatic heterocycles. The molecule has 1 spiro atoms. The number of rotatable bonds is 1. The maximum atomic E-state index is 13.6. The zero-order valence-electron chi connectivity index (χ0n) is 9.46. The normalized spacial score (nSPS) is 22.6. The Kier molecular flexibility index (Phi) is 2.83. The molecule has 0 saturated carbocycles. The molecule has 2 saturated heterocycles. The van der Waals surface area contributed by atoms with Crippen LogP contribution in [0.25, 0.3) is 0 Å². The van der Waals surface area contributed by atoms with Crippen LogP contribution in [-0.2, 0) is 4.74 Å². The van der Waals surface area contributed by atoms with Crippen molar-refractivity contribution < 1.29 is 9.13 Å².